The van der Waals surface area contributed by atoms with Gasteiger partial charge in [0, 0.05) is 18.7 Å². The summed E-state index contributed by atoms with van der Waals surface area (Å²) in [6.07, 6.45) is 2.11. The number of carbonyl (C=O) groups excluding carboxylic acids is 1. The number of nitro groups is 1. The van der Waals surface area contributed by atoms with E-state index in [2.05, 4.69) is 4.98 Å². The first-order valence-corrected chi connectivity index (χ1v) is 5.86. The Morgan fingerprint density at radius 1 is 1.72 bits per heavy atom. The summed E-state index contributed by atoms with van der Waals surface area (Å²) >= 11 is 0. The number of nitrogens with zero attached hydrogens (tertiary/aromatic N) is 2. The molecule has 3 N–H and O–H groups in total. The van der Waals surface area contributed by atoms with Crippen LogP contribution in [0.15, 0.2) is 12.3 Å². The first-order valence-electron chi connectivity index (χ1n) is 5.86. The fourth-order valence-corrected chi connectivity index (χ4v) is 2.36. The Hall–Kier alpha value is -1.89. The monoisotopic (exact) mass is 252 g/mol. The van der Waals surface area contributed by atoms with Gasteiger partial charge in [-0.05, 0) is 25.8 Å². The zero-order valence-corrected chi connectivity index (χ0v) is 10.1. The Labute approximate surface area is 104 Å². The number of hydrogen-bond donors (Lipinski definition) is 2. The topological polar surface area (TPSA) is 105 Å². The van der Waals surface area contributed by atoms with E-state index in [9.17, 15) is 14.9 Å². The van der Waals surface area contributed by atoms with Gasteiger partial charge in [0.2, 0.25) is 0 Å². The number of aromatic nitrogens is 1. The zero-order valence-electron chi connectivity index (χ0n) is 10.1. The van der Waals surface area contributed by atoms with Crippen molar-refractivity contribution in [3.63, 3.8) is 0 Å². The molecule has 1 saturated heterocycles. The SMILES string of the molecule is CC1CC(CN)CN1C(=O)c1cc([N+](=O)[O-])c[nH]1. The Balaban J connectivity index is 2.13. The van der Waals surface area contributed by atoms with E-state index < -0.39 is 4.92 Å². The minimum absolute atomic E-state index is 0.0967. The van der Waals surface area contributed by atoms with Gasteiger partial charge in [0.25, 0.3) is 11.6 Å². The van der Waals surface area contributed by atoms with Gasteiger partial charge in [0.1, 0.15) is 5.69 Å². The van der Waals surface area contributed by atoms with Gasteiger partial charge in [-0.15, -0.1) is 0 Å². The highest BCUT2D eigenvalue weighted by atomic mass is 16.6. The minimum Gasteiger partial charge on any atom is -0.351 e. The number of nitrogens with one attached hydrogen (secondary N) is 1. The third-order valence-corrected chi connectivity index (χ3v) is 3.36. The molecule has 2 unspecified atom stereocenters. The van der Waals surface area contributed by atoms with Crippen LogP contribution in [-0.4, -0.2) is 39.8 Å². The summed E-state index contributed by atoms with van der Waals surface area (Å²) in [6, 6.07) is 1.39. The van der Waals surface area contributed by atoms with Crippen molar-refractivity contribution in [2.75, 3.05) is 13.1 Å². The van der Waals surface area contributed by atoms with Crippen LogP contribution in [0.2, 0.25) is 0 Å². The van der Waals surface area contributed by atoms with Gasteiger partial charge in [-0.3, -0.25) is 14.9 Å². The molecule has 1 aromatic heterocycles. The molecule has 0 spiro atoms. The van der Waals surface area contributed by atoms with Crippen LogP contribution < -0.4 is 5.73 Å². The van der Waals surface area contributed by atoms with Crippen LogP contribution in [0.5, 0.6) is 0 Å². The van der Waals surface area contributed by atoms with Crippen molar-refractivity contribution in [3.8, 4) is 0 Å². The lowest BCUT2D eigenvalue weighted by atomic mass is 10.1. The summed E-state index contributed by atoms with van der Waals surface area (Å²) < 4.78 is 0. The predicted octanol–water partition coefficient (Wildman–Crippen LogP) is 0.732. The number of hydrogen-bond acceptors (Lipinski definition) is 4. The summed E-state index contributed by atoms with van der Waals surface area (Å²) in [6.45, 7) is 3.13. The van der Waals surface area contributed by atoms with E-state index in [-0.39, 0.29) is 23.3 Å². The van der Waals surface area contributed by atoms with Crippen LogP contribution in [0.1, 0.15) is 23.8 Å². The predicted molar refractivity (Wildman–Crippen MR) is 65.1 cm³/mol. The molecule has 2 atom stereocenters. The van der Waals surface area contributed by atoms with Crippen molar-refractivity contribution in [2.24, 2.45) is 11.7 Å². The highest BCUT2D eigenvalue weighted by Crippen LogP contribution is 2.24. The van der Waals surface area contributed by atoms with Crippen molar-refractivity contribution in [2.45, 2.75) is 19.4 Å². The van der Waals surface area contributed by atoms with Crippen LogP contribution in [-0.2, 0) is 0 Å². The maximum absolute atomic E-state index is 12.2. The van der Waals surface area contributed by atoms with Gasteiger partial charge in [-0.1, -0.05) is 0 Å². The molecule has 1 fully saturated rings. The van der Waals surface area contributed by atoms with Crippen molar-refractivity contribution in [3.05, 3.63) is 28.1 Å². The molecule has 1 aliphatic rings. The highest BCUT2D eigenvalue weighted by Gasteiger charge is 2.33. The van der Waals surface area contributed by atoms with E-state index in [0.29, 0.717) is 19.0 Å². The molecule has 0 aliphatic carbocycles. The fraction of sp³-hybridized carbons (Fsp3) is 0.545. The van der Waals surface area contributed by atoms with Crippen LogP contribution >= 0.6 is 0 Å². The van der Waals surface area contributed by atoms with Gasteiger partial charge in [-0.25, -0.2) is 0 Å². The average Bonchev–Trinajstić information content (AvgIpc) is 2.94. The number of nitrogens with two attached hydrogens (primary N) is 1. The summed E-state index contributed by atoms with van der Waals surface area (Å²) in [5, 5.41) is 10.6. The summed E-state index contributed by atoms with van der Waals surface area (Å²) in [5.41, 5.74) is 5.76. The molecule has 18 heavy (non-hydrogen) atoms. The standard InChI is InChI=1S/C11H16N4O3/c1-7-2-8(4-12)6-14(7)11(16)10-3-9(5-13-10)15(17)18/h3,5,7-8,13H,2,4,6,12H2,1H3. The summed E-state index contributed by atoms with van der Waals surface area (Å²) in [5.74, 6) is 0.112. The summed E-state index contributed by atoms with van der Waals surface area (Å²) in [7, 11) is 0. The molecule has 0 saturated carbocycles. The van der Waals surface area contributed by atoms with Crippen molar-refractivity contribution >= 4 is 11.6 Å². The van der Waals surface area contributed by atoms with Crippen LogP contribution in [0.25, 0.3) is 0 Å². The average molecular weight is 252 g/mol. The Kier molecular flexibility index (Phi) is 3.33. The lowest BCUT2D eigenvalue weighted by Crippen LogP contribution is -2.34. The van der Waals surface area contributed by atoms with Gasteiger partial charge < -0.3 is 15.6 Å². The molecular weight excluding hydrogens is 236 g/mol. The van der Waals surface area contributed by atoms with Gasteiger partial charge in [0.05, 0.1) is 11.1 Å². The summed E-state index contributed by atoms with van der Waals surface area (Å²) in [4.78, 5) is 26.6. The molecule has 7 nitrogen and oxygen atoms in total. The van der Waals surface area contributed by atoms with Crippen molar-refractivity contribution in [1.29, 1.82) is 0 Å². The second-order valence-corrected chi connectivity index (χ2v) is 4.67. The third kappa shape index (κ3) is 2.21. The van der Waals surface area contributed by atoms with E-state index in [1.165, 1.54) is 12.3 Å². The molecule has 0 bridgehead atoms. The normalized spacial score (nSPS) is 23.3. The quantitative estimate of drug-likeness (QED) is 0.611. The maximum atomic E-state index is 12.2. The molecular formula is C11H16N4O3. The van der Waals surface area contributed by atoms with Crippen molar-refractivity contribution < 1.29 is 9.72 Å². The van der Waals surface area contributed by atoms with E-state index >= 15 is 0 Å². The van der Waals surface area contributed by atoms with Crippen LogP contribution in [0, 0.1) is 16.0 Å². The number of rotatable bonds is 3. The molecule has 1 amide bonds. The molecule has 2 rings (SSSR count). The Morgan fingerprint density at radius 3 is 2.94 bits per heavy atom. The third-order valence-electron chi connectivity index (χ3n) is 3.36. The van der Waals surface area contributed by atoms with Gasteiger partial charge in [-0.2, -0.15) is 0 Å². The second-order valence-electron chi connectivity index (χ2n) is 4.67. The Bertz CT molecular complexity index is 471. The molecule has 2 heterocycles. The fourth-order valence-electron chi connectivity index (χ4n) is 2.36. The second kappa shape index (κ2) is 4.77. The molecule has 98 valence electrons. The first-order chi connectivity index (χ1) is 8.52. The number of aromatic amines is 1. The lowest BCUT2D eigenvalue weighted by Gasteiger charge is -2.20. The smallest absolute Gasteiger partial charge is 0.287 e. The van der Waals surface area contributed by atoms with E-state index in [1.807, 2.05) is 6.92 Å². The van der Waals surface area contributed by atoms with Gasteiger partial charge >= 0.3 is 0 Å². The molecule has 1 aromatic rings. The van der Waals surface area contributed by atoms with E-state index in [1.54, 1.807) is 4.90 Å². The zero-order chi connectivity index (χ0) is 13.3. The number of carbonyl (C=O) groups is 1. The lowest BCUT2D eigenvalue weighted by molar-refractivity contribution is -0.384. The van der Waals surface area contributed by atoms with Crippen LogP contribution in [0.4, 0.5) is 5.69 Å². The number of likely N-dealkylation sites (tertiary alicyclic amines) is 1. The molecule has 7 heteroatoms. The van der Waals surface area contributed by atoms with Crippen LogP contribution in [0.3, 0.4) is 0 Å². The molecule has 0 radical (unpaired) electrons. The number of H-pyrrole nitrogens is 1. The molecule has 0 aromatic carbocycles. The highest BCUT2D eigenvalue weighted by molar-refractivity contribution is 5.93. The van der Waals surface area contributed by atoms with E-state index in [0.717, 1.165) is 6.42 Å². The largest absolute Gasteiger partial charge is 0.351 e. The first kappa shape index (κ1) is 12.6. The molecule has 1 aliphatic heterocycles. The van der Waals surface area contributed by atoms with E-state index in [4.69, 9.17) is 5.73 Å². The number of amides is 1. The minimum atomic E-state index is -0.524. The maximum Gasteiger partial charge on any atom is 0.287 e. The van der Waals surface area contributed by atoms with Gasteiger partial charge in [0.15, 0.2) is 0 Å². The Morgan fingerprint density at radius 2 is 2.44 bits per heavy atom. The van der Waals surface area contributed by atoms with Crippen molar-refractivity contribution in [1.82, 2.24) is 9.88 Å².